The lowest BCUT2D eigenvalue weighted by atomic mass is 9.92. The van der Waals surface area contributed by atoms with Gasteiger partial charge >= 0.3 is 5.97 Å². The number of hydrogen-bond acceptors (Lipinski definition) is 8. The van der Waals surface area contributed by atoms with Crippen LogP contribution in [-0.2, 0) is 9.53 Å². The molecule has 4 rings (SSSR count). The second-order valence-corrected chi connectivity index (χ2v) is 7.35. The first kappa shape index (κ1) is 19.9. The number of carbonyl (C=O) groups is 1. The molecule has 0 aromatic heterocycles. The molecule has 2 aliphatic rings. The van der Waals surface area contributed by atoms with Gasteiger partial charge in [0, 0.05) is 29.8 Å². The Morgan fingerprint density at radius 2 is 1.63 bits per heavy atom. The lowest BCUT2D eigenvalue weighted by Crippen LogP contribution is -2.54. The number of rotatable bonds is 5. The standard InChI is InChI=1S/C20H20N4O6/c1-30-19(25)20-11-6-12-22(20)18(14-8-3-5-10-16(14)24(28)29)17(21-20)13-7-2-4-9-15(13)23(26)27/h2-5,7-10,17-18,21H,6,11-12H2,1H3/t17-,18+,20-/m1/s1. The minimum absolute atomic E-state index is 0.0968. The van der Waals surface area contributed by atoms with Gasteiger partial charge in [-0.2, -0.15) is 0 Å². The number of para-hydroxylation sites is 2. The average Bonchev–Trinajstić information content (AvgIpc) is 3.30. The number of nitro benzene ring substituents is 2. The fraction of sp³-hybridized carbons (Fsp3) is 0.350. The fourth-order valence-electron chi connectivity index (χ4n) is 4.75. The van der Waals surface area contributed by atoms with Crippen molar-refractivity contribution in [1.29, 1.82) is 0 Å². The summed E-state index contributed by atoms with van der Waals surface area (Å²) >= 11 is 0. The van der Waals surface area contributed by atoms with Crippen LogP contribution in [0.5, 0.6) is 0 Å². The summed E-state index contributed by atoms with van der Waals surface area (Å²) in [6, 6.07) is 11.2. The number of esters is 1. The van der Waals surface area contributed by atoms with Gasteiger partial charge in [0.2, 0.25) is 0 Å². The van der Waals surface area contributed by atoms with Crippen LogP contribution in [-0.4, -0.2) is 40.0 Å². The van der Waals surface area contributed by atoms with Crippen molar-refractivity contribution in [2.75, 3.05) is 13.7 Å². The Labute approximate surface area is 171 Å². The Bertz CT molecular complexity index is 1030. The number of benzene rings is 2. The van der Waals surface area contributed by atoms with E-state index >= 15 is 0 Å². The summed E-state index contributed by atoms with van der Waals surface area (Å²) in [4.78, 5) is 37.1. The van der Waals surface area contributed by atoms with Gasteiger partial charge in [-0.1, -0.05) is 36.4 Å². The molecule has 156 valence electrons. The van der Waals surface area contributed by atoms with Crippen LogP contribution >= 0.6 is 0 Å². The van der Waals surface area contributed by atoms with Crippen molar-refractivity contribution in [3.63, 3.8) is 0 Å². The number of fused-ring (bicyclic) bond motifs is 1. The topological polar surface area (TPSA) is 128 Å². The van der Waals surface area contributed by atoms with Crippen molar-refractivity contribution in [3.05, 3.63) is 79.9 Å². The number of nitrogens with one attached hydrogen (secondary N) is 1. The summed E-state index contributed by atoms with van der Waals surface area (Å²) in [7, 11) is 1.29. The van der Waals surface area contributed by atoms with Gasteiger partial charge in [0.1, 0.15) is 0 Å². The van der Waals surface area contributed by atoms with Gasteiger partial charge in [-0.15, -0.1) is 0 Å². The summed E-state index contributed by atoms with van der Waals surface area (Å²) in [6.45, 7) is 0.496. The maximum Gasteiger partial charge on any atom is 0.341 e. The third kappa shape index (κ3) is 2.92. The van der Waals surface area contributed by atoms with E-state index in [9.17, 15) is 25.0 Å². The Morgan fingerprint density at radius 1 is 1.07 bits per heavy atom. The molecule has 3 atom stereocenters. The van der Waals surface area contributed by atoms with E-state index in [1.165, 1.54) is 19.2 Å². The van der Waals surface area contributed by atoms with Crippen LogP contribution in [0.1, 0.15) is 36.1 Å². The van der Waals surface area contributed by atoms with E-state index in [0.717, 1.165) is 0 Å². The van der Waals surface area contributed by atoms with Crippen LogP contribution in [0.4, 0.5) is 11.4 Å². The zero-order valence-corrected chi connectivity index (χ0v) is 16.2. The molecule has 2 heterocycles. The number of methoxy groups -OCH3 is 1. The molecule has 0 saturated carbocycles. The molecular formula is C20H20N4O6. The van der Waals surface area contributed by atoms with E-state index < -0.39 is 33.6 Å². The largest absolute Gasteiger partial charge is 0.467 e. The maximum atomic E-state index is 12.8. The van der Waals surface area contributed by atoms with Gasteiger partial charge in [0.05, 0.1) is 29.0 Å². The minimum Gasteiger partial charge on any atom is -0.467 e. The van der Waals surface area contributed by atoms with E-state index in [-0.39, 0.29) is 11.4 Å². The van der Waals surface area contributed by atoms with Crippen molar-refractivity contribution >= 4 is 17.3 Å². The SMILES string of the molecule is COC(=O)[C@@]12CCCN1[C@@H](c1ccccc1[N+](=O)[O-])[C@@H](c1ccccc1[N+](=O)[O-])N2. The Kier molecular flexibility index (Phi) is 4.96. The van der Waals surface area contributed by atoms with E-state index in [1.807, 2.05) is 4.90 Å². The fourth-order valence-corrected chi connectivity index (χ4v) is 4.75. The molecule has 2 aromatic carbocycles. The molecule has 0 spiro atoms. The molecule has 0 aliphatic carbocycles. The van der Waals surface area contributed by atoms with Crippen LogP contribution in [0.15, 0.2) is 48.5 Å². The molecule has 10 nitrogen and oxygen atoms in total. The van der Waals surface area contributed by atoms with Gasteiger partial charge in [0.15, 0.2) is 5.66 Å². The van der Waals surface area contributed by atoms with Gasteiger partial charge in [0.25, 0.3) is 11.4 Å². The molecule has 0 amide bonds. The van der Waals surface area contributed by atoms with Gasteiger partial charge < -0.3 is 4.74 Å². The lowest BCUT2D eigenvalue weighted by Gasteiger charge is -2.31. The summed E-state index contributed by atoms with van der Waals surface area (Å²) in [5.74, 6) is -0.510. The highest BCUT2D eigenvalue weighted by molar-refractivity contribution is 5.81. The Hall–Kier alpha value is -3.37. The molecular weight excluding hydrogens is 392 g/mol. The maximum absolute atomic E-state index is 12.8. The third-order valence-electron chi connectivity index (χ3n) is 5.92. The second-order valence-electron chi connectivity index (χ2n) is 7.35. The number of nitrogens with zero attached hydrogens (tertiary/aromatic N) is 3. The first-order chi connectivity index (χ1) is 14.4. The highest BCUT2D eigenvalue weighted by Gasteiger charge is 2.61. The normalized spacial score (nSPS) is 25.6. The number of nitro groups is 2. The van der Waals surface area contributed by atoms with Crippen LogP contribution in [0.3, 0.4) is 0 Å². The van der Waals surface area contributed by atoms with E-state index in [1.54, 1.807) is 36.4 Å². The molecule has 0 radical (unpaired) electrons. The molecule has 30 heavy (non-hydrogen) atoms. The molecule has 10 heteroatoms. The molecule has 2 aliphatic heterocycles. The van der Waals surface area contributed by atoms with E-state index in [4.69, 9.17) is 4.74 Å². The van der Waals surface area contributed by atoms with Crippen molar-refractivity contribution < 1.29 is 19.4 Å². The highest BCUT2D eigenvalue weighted by atomic mass is 16.6. The molecule has 2 fully saturated rings. The molecule has 2 aromatic rings. The monoisotopic (exact) mass is 412 g/mol. The second kappa shape index (κ2) is 7.47. The Balaban J connectivity index is 1.94. The van der Waals surface area contributed by atoms with E-state index in [2.05, 4.69) is 5.32 Å². The smallest absolute Gasteiger partial charge is 0.341 e. The summed E-state index contributed by atoms with van der Waals surface area (Å²) in [5.41, 5.74) is -0.647. The van der Waals surface area contributed by atoms with Crippen molar-refractivity contribution in [2.24, 2.45) is 0 Å². The molecule has 0 unspecified atom stereocenters. The summed E-state index contributed by atoms with van der Waals surface area (Å²) in [6.07, 6.45) is 1.12. The first-order valence-electron chi connectivity index (χ1n) is 9.50. The summed E-state index contributed by atoms with van der Waals surface area (Å²) < 4.78 is 5.05. The molecule has 2 saturated heterocycles. The predicted molar refractivity (Wildman–Crippen MR) is 105 cm³/mol. The van der Waals surface area contributed by atoms with Gasteiger partial charge in [-0.25, -0.2) is 4.79 Å². The highest BCUT2D eigenvalue weighted by Crippen LogP contribution is 2.52. The van der Waals surface area contributed by atoms with Crippen LogP contribution in [0, 0.1) is 20.2 Å². The van der Waals surface area contributed by atoms with Crippen molar-refractivity contribution in [2.45, 2.75) is 30.6 Å². The quantitative estimate of drug-likeness (QED) is 0.451. The zero-order chi connectivity index (χ0) is 21.5. The first-order valence-corrected chi connectivity index (χ1v) is 9.50. The number of hydrogen-bond donors (Lipinski definition) is 1. The molecule has 1 N–H and O–H groups in total. The third-order valence-corrected chi connectivity index (χ3v) is 5.92. The number of carbonyl (C=O) groups excluding carboxylic acids is 1. The lowest BCUT2D eigenvalue weighted by molar-refractivity contribution is -0.386. The molecule has 0 bridgehead atoms. The zero-order valence-electron chi connectivity index (χ0n) is 16.2. The average molecular weight is 412 g/mol. The van der Waals surface area contributed by atoms with Crippen LogP contribution < -0.4 is 5.32 Å². The number of ether oxygens (including phenoxy) is 1. The van der Waals surface area contributed by atoms with Crippen molar-refractivity contribution in [3.8, 4) is 0 Å². The predicted octanol–water partition coefficient (Wildman–Crippen LogP) is 2.85. The van der Waals surface area contributed by atoms with Crippen molar-refractivity contribution in [1.82, 2.24) is 10.2 Å². The van der Waals surface area contributed by atoms with Gasteiger partial charge in [-0.05, 0) is 12.8 Å². The van der Waals surface area contributed by atoms with Crippen LogP contribution in [0.25, 0.3) is 0 Å². The van der Waals surface area contributed by atoms with E-state index in [0.29, 0.717) is 30.5 Å². The minimum atomic E-state index is -1.20. The van der Waals surface area contributed by atoms with Gasteiger partial charge in [-0.3, -0.25) is 30.4 Å². The summed E-state index contributed by atoms with van der Waals surface area (Å²) in [5, 5.41) is 26.7. The Morgan fingerprint density at radius 3 is 2.23 bits per heavy atom. The van der Waals surface area contributed by atoms with Crippen LogP contribution in [0.2, 0.25) is 0 Å².